The summed E-state index contributed by atoms with van der Waals surface area (Å²) < 4.78 is 26.4. The van der Waals surface area contributed by atoms with Gasteiger partial charge in [-0.05, 0) is 24.3 Å². The van der Waals surface area contributed by atoms with E-state index >= 15 is 0 Å². The van der Waals surface area contributed by atoms with Crippen molar-refractivity contribution in [2.75, 3.05) is 0 Å². The number of hydrogen-bond acceptors (Lipinski definition) is 2. The van der Waals surface area contributed by atoms with Crippen LogP contribution in [0.4, 0.5) is 4.39 Å². The third-order valence-corrected chi connectivity index (χ3v) is 3.63. The molecule has 0 N–H and O–H groups in total. The van der Waals surface area contributed by atoms with E-state index in [9.17, 15) is 8.60 Å². The molecule has 1 aromatic carbocycles. The molecule has 84 valence electrons. The Morgan fingerprint density at radius 3 is 2.62 bits per heavy atom. The first-order valence-electron chi connectivity index (χ1n) is 4.76. The molecule has 0 aliphatic rings. The van der Waals surface area contributed by atoms with E-state index in [-0.39, 0.29) is 5.82 Å². The van der Waals surface area contributed by atoms with Gasteiger partial charge in [-0.1, -0.05) is 0 Å². The molecule has 3 nitrogen and oxygen atoms in total. The van der Waals surface area contributed by atoms with Crippen molar-refractivity contribution in [2.45, 2.75) is 10.6 Å². The van der Waals surface area contributed by atoms with E-state index in [1.54, 1.807) is 24.7 Å². The Balaban J connectivity index is 2.15. The van der Waals surface area contributed by atoms with Gasteiger partial charge in [0.15, 0.2) is 0 Å². The van der Waals surface area contributed by atoms with Gasteiger partial charge in [0, 0.05) is 23.8 Å². The second-order valence-electron chi connectivity index (χ2n) is 3.44. The van der Waals surface area contributed by atoms with Crippen LogP contribution in [0.3, 0.4) is 0 Å². The SMILES string of the molecule is Cn1cncc1CS(=O)c1ccc(F)cc1. The van der Waals surface area contributed by atoms with Gasteiger partial charge in [-0.25, -0.2) is 9.37 Å². The maximum atomic E-state index is 12.7. The molecule has 0 radical (unpaired) electrons. The zero-order valence-electron chi connectivity index (χ0n) is 8.76. The van der Waals surface area contributed by atoms with Crippen LogP contribution in [0.2, 0.25) is 0 Å². The summed E-state index contributed by atoms with van der Waals surface area (Å²) in [7, 11) is 0.693. The Morgan fingerprint density at radius 2 is 2.06 bits per heavy atom. The van der Waals surface area contributed by atoms with E-state index < -0.39 is 10.8 Å². The molecule has 16 heavy (non-hydrogen) atoms. The smallest absolute Gasteiger partial charge is 0.123 e. The normalized spacial score (nSPS) is 12.6. The molecule has 0 bridgehead atoms. The molecule has 5 heteroatoms. The van der Waals surface area contributed by atoms with Crippen LogP contribution < -0.4 is 0 Å². The van der Waals surface area contributed by atoms with Crippen LogP contribution >= 0.6 is 0 Å². The van der Waals surface area contributed by atoms with Gasteiger partial charge < -0.3 is 4.57 Å². The maximum Gasteiger partial charge on any atom is 0.123 e. The number of aromatic nitrogens is 2. The molecular formula is C11H11FN2OS. The molecule has 2 aromatic rings. The van der Waals surface area contributed by atoms with Crippen LogP contribution in [-0.2, 0) is 23.6 Å². The van der Waals surface area contributed by atoms with Crippen LogP contribution in [0.15, 0.2) is 41.7 Å². The highest BCUT2D eigenvalue weighted by Crippen LogP contribution is 2.12. The highest BCUT2D eigenvalue weighted by atomic mass is 32.2. The van der Waals surface area contributed by atoms with Gasteiger partial charge in [0.1, 0.15) is 5.82 Å². The quantitative estimate of drug-likeness (QED) is 0.818. The molecule has 0 amide bonds. The number of nitrogens with zero attached hydrogens (tertiary/aromatic N) is 2. The largest absolute Gasteiger partial charge is 0.337 e. The lowest BCUT2D eigenvalue weighted by atomic mass is 10.4. The number of rotatable bonds is 3. The summed E-state index contributed by atoms with van der Waals surface area (Å²) in [5, 5.41) is 0. The maximum absolute atomic E-state index is 12.7. The van der Waals surface area contributed by atoms with Crippen molar-refractivity contribution in [3.8, 4) is 0 Å². The minimum atomic E-state index is -1.16. The standard InChI is InChI=1S/C11H11FN2OS/c1-14-8-13-6-10(14)7-16(15)11-4-2-9(12)3-5-11/h2-6,8H,7H2,1H3. The van der Waals surface area contributed by atoms with Crippen molar-refractivity contribution in [3.05, 3.63) is 48.3 Å². The molecule has 2 rings (SSSR count). The number of imidazole rings is 1. The number of halogens is 1. The average Bonchev–Trinajstić information content (AvgIpc) is 2.65. The fraction of sp³-hybridized carbons (Fsp3) is 0.182. The summed E-state index contributed by atoms with van der Waals surface area (Å²) in [6.07, 6.45) is 3.35. The highest BCUT2D eigenvalue weighted by Gasteiger charge is 2.07. The summed E-state index contributed by atoms with van der Waals surface area (Å²) in [6, 6.07) is 5.72. The van der Waals surface area contributed by atoms with E-state index in [0.717, 1.165) is 5.69 Å². The summed E-state index contributed by atoms with van der Waals surface area (Å²) in [5.74, 6) is 0.0727. The fourth-order valence-electron chi connectivity index (χ4n) is 1.33. The summed E-state index contributed by atoms with van der Waals surface area (Å²) in [5.41, 5.74) is 0.891. The zero-order valence-corrected chi connectivity index (χ0v) is 9.58. The Kier molecular flexibility index (Phi) is 3.14. The van der Waals surface area contributed by atoms with Gasteiger partial charge >= 0.3 is 0 Å². The molecule has 1 heterocycles. The second kappa shape index (κ2) is 4.57. The van der Waals surface area contributed by atoms with Crippen molar-refractivity contribution in [1.29, 1.82) is 0 Å². The third-order valence-electron chi connectivity index (χ3n) is 2.27. The van der Waals surface area contributed by atoms with Crippen LogP contribution in [0.25, 0.3) is 0 Å². The minimum absolute atomic E-state index is 0.318. The van der Waals surface area contributed by atoms with E-state index in [0.29, 0.717) is 10.6 Å². The number of benzene rings is 1. The molecule has 0 aliphatic heterocycles. The Labute approximate surface area is 95.4 Å². The monoisotopic (exact) mass is 238 g/mol. The third kappa shape index (κ3) is 2.36. The van der Waals surface area contributed by atoms with Crippen LogP contribution in [0, 0.1) is 5.82 Å². The molecular weight excluding hydrogens is 227 g/mol. The molecule has 0 aliphatic carbocycles. The second-order valence-corrected chi connectivity index (χ2v) is 4.89. The minimum Gasteiger partial charge on any atom is -0.337 e. The van der Waals surface area contributed by atoms with Crippen LogP contribution in [0.5, 0.6) is 0 Å². The van der Waals surface area contributed by atoms with Crippen molar-refractivity contribution < 1.29 is 8.60 Å². The van der Waals surface area contributed by atoms with Gasteiger partial charge in [0.25, 0.3) is 0 Å². The van der Waals surface area contributed by atoms with E-state index in [1.807, 2.05) is 11.6 Å². The number of hydrogen-bond donors (Lipinski definition) is 0. The van der Waals surface area contributed by atoms with Gasteiger partial charge in [-0.3, -0.25) is 4.21 Å². The van der Waals surface area contributed by atoms with E-state index in [4.69, 9.17) is 0 Å². The summed E-state index contributed by atoms with van der Waals surface area (Å²) in [4.78, 5) is 4.58. The van der Waals surface area contributed by atoms with Gasteiger partial charge in [-0.2, -0.15) is 0 Å². The topological polar surface area (TPSA) is 34.9 Å². The molecule has 0 saturated carbocycles. The Hall–Kier alpha value is -1.49. The van der Waals surface area contributed by atoms with Gasteiger partial charge in [0.2, 0.25) is 0 Å². The van der Waals surface area contributed by atoms with Crippen LogP contribution in [-0.4, -0.2) is 13.8 Å². The molecule has 1 unspecified atom stereocenters. The van der Waals surface area contributed by atoms with Crippen molar-refractivity contribution in [1.82, 2.24) is 9.55 Å². The average molecular weight is 238 g/mol. The van der Waals surface area contributed by atoms with Crippen molar-refractivity contribution in [3.63, 3.8) is 0 Å². The summed E-state index contributed by atoms with van der Waals surface area (Å²) >= 11 is 0. The fourth-order valence-corrected chi connectivity index (χ4v) is 2.48. The lowest BCUT2D eigenvalue weighted by Crippen LogP contribution is -2.01. The Morgan fingerprint density at radius 1 is 1.38 bits per heavy atom. The zero-order chi connectivity index (χ0) is 11.5. The lowest BCUT2D eigenvalue weighted by molar-refractivity contribution is 0.626. The lowest BCUT2D eigenvalue weighted by Gasteiger charge is -2.03. The molecule has 0 fully saturated rings. The predicted molar refractivity (Wildman–Crippen MR) is 59.7 cm³/mol. The summed E-state index contributed by atoms with van der Waals surface area (Å²) in [6.45, 7) is 0. The van der Waals surface area contributed by atoms with E-state index in [2.05, 4.69) is 4.98 Å². The highest BCUT2D eigenvalue weighted by molar-refractivity contribution is 7.84. The Bertz CT molecular complexity index is 507. The number of aryl methyl sites for hydroxylation is 1. The molecule has 1 atom stereocenters. The first kappa shape index (κ1) is 11.0. The first-order valence-corrected chi connectivity index (χ1v) is 6.08. The van der Waals surface area contributed by atoms with Crippen LogP contribution in [0.1, 0.15) is 5.69 Å². The predicted octanol–water partition coefficient (Wildman–Crippen LogP) is 1.87. The molecule has 0 spiro atoms. The first-order chi connectivity index (χ1) is 7.66. The van der Waals surface area contributed by atoms with E-state index in [1.165, 1.54) is 12.1 Å². The van der Waals surface area contributed by atoms with Crippen molar-refractivity contribution in [2.24, 2.45) is 7.05 Å². The van der Waals surface area contributed by atoms with Crippen molar-refractivity contribution >= 4 is 10.8 Å². The van der Waals surface area contributed by atoms with Gasteiger partial charge in [0.05, 0.1) is 22.9 Å². The molecule has 1 aromatic heterocycles. The van der Waals surface area contributed by atoms with Gasteiger partial charge in [-0.15, -0.1) is 0 Å². The molecule has 0 saturated heterocycles.